The van der Waals surface area contributed by atoms with Gasteiger partial charge in [-0.3, -0.25) is 19.2 Å². The Labute approximate surface area is 199 Å². The number of hydrogen-bond donors (Lipinski definition) is 1. The Hall–Kier alpha value is -4.06. The number of hydrogen-bond acceptors (Lipinski definition) is 5. The molecule has 6 nitrogen and oxygen atoms in total. The Bertz CT molecular complexity index is 1170. The summed E-state index contributed by atoms with van der Waals surface area (Å²) in [5.41, 5.74) is 3.39. The lowest BCUT2D eigenvalue weighted by Gasteiger charge is -2.15. The predicted octanol–water partition coefficient (Wildman–Crippen LogP) is 5.34. The molecule has 0 aliphatic carbocycles. The quantitative estimate of drug-likeness (QED) is 0.328. The molecule has 3 aromatic carbocycles. The number of esters is 1. The minimum Gasteiger partial charge on any atom is -0.466 e. The van der Waals surface area contributed by atoms with Gasteiger partial charge < -0.3 is 10.1 Å². The molecule has 1 unspecified atom stereocenters. The van der Waals surface area contributed by atoms with Crippen LogP contribution in [-0.4, -0.2) is 30.0 Å². The first-order valence-corrected chi connectivity index (χ1v) is 11.1. The molecule has 174 valence electrons. The fourth-order valence-corrected chi connectivity index (χ4v) is 3.57. The van der Waals surface area contributed by atoms with Crippen LogP contribution < -0.4 is 5.32 Å². The van der Waals surface area contributed by atoms with E-state index in [1.165, 1.54) is 6.92 Å². The third kappa shape index (κ3) is 6.72. The van der Waals surface area contributed by atoms with Gasteiger partial charge in [-0.05, 0) is 37.1 Å². The first-order chi connectivity index (χ1) is 16.4. The van der Waals surface area contributed by atoms with E-state index in [0.717, 1.165) is 11.1 Å². The van der Waals surface area contributed by atoms with Gasteiger partial charge in [-0.2, -0.15) is 0 Å². The molecule has 0 saturated carbocycles. The number of Topliss-reactive ketones (excluding diaryl/α,β-unsaturated/α-hetero) is 2. The average Bonchev–Trinajstić information content (AvgIpc) is 2.84. The summed E-state index contributed by atoms with van der Waals surface area (Å²) in [7, 11) is 0. The lowest BCUT2D eigenvalue weighted by molar-refractivity contribution is -0.149. The van der Waals surface area contributed by atoms with E-state index >= 15 is 0 Å². The Morgan fingerprint density at radius 1 is 0.794 bits per heavy atom. The summed E-state index contributed by atoms with van der Waals surface area (Å²) in [6, 6.07) is 23.5. The SMILES string of the molecule is CCOC(=O)C(CC(=O)Nc1cccc(C(C)=O)c1)CC(=O)c1ccc(-c2ccccc2)cc1. The van der Waals surface area contributed by atoms with Crippen molar-refractivity contribution in [1.82, 2.24) is 0 Å². The summed E-state index contributed by atoms with van der Waals surface area (Å²) < 4.78 is 5.10. The number of ketones is 2. The van der Waals surface area contributed by atoms with Gasteiger partial charge in [-0.25, -0.2) is 0 Å². The topological polar surface area (TPSA) is 89.5 Å². The van der Waals surface area contributed by atoms with Gasteiger partial charge >= 0.3 is 5.97 Å². The van der Waals surface area contributed by atoms with Crippen molar-refractivity contribution in [3.63, 3.8) is 0 Å². The average molecular weight is 458 g/mol. The zero-order chi connectivity index (χ0) is 24.5. The molecule has 0 spiro atoms. The van der Waals surface area contributed by atoms with E-state index in [-0.39, 0.29) is 31.0 Å². The Balaban J connectivity index is 1.69. The van der Waals surface area contributed by atoms with Crippen molar-refractivity contribution < 1.29 is 23.9 Å². The first-order valence-electron chi connectivity index (χ1n) is 11.1. The molecule has 34 heavy (non-hydrogen) atoms. The van der Waals surface area contributed by atoms with Crippen molar-refractivity contribution in [3.8, 4) is 11.1 Å². The van der Waals surface area contributed by atoms with Gasteiger partial charge in [0, 0.05) is 29.7 Å². The smallest absolute Gasteiger partial charge is 0.309 e. The van der Waals surface area contributed by atoms with Gasteiger partial charge in [-0.15, -0.1) is 0 Å². The maximum Gasteiger partial charge on any atom is 0.309 e. The lowest BCUT2D eigenvalue weighted by Crippen LogP contribution is -2.26. The summed E-state index contributed by atoms with van der Waals surface area (Å²) in [5, 5.41) is 2.69. The second kappa shape index (κ2) is 11.7. The Morgan fingerprint density at radius 2 is 1.47 bits per heavy atom. The van der Waals surface area contributed by atoms with Crippen LogP contribution in [0.15, 0.2) is 78.9 Å². The van der Waals surface area contributed by atoms with E-state index in [1.54, 1.807) is 43.3 Å². The summed E-state index contributed by atoms with van der Waals surface area (Å²) in [5.74, 6) is -2.32. The van der Waals surface area contributed by atoms with Crippen molar-refractivity contribution in [1.29, 1.82) is 0 Å². The summed E-state index contributed by atoms with van der Waals surface area (Å²) in [4.78, 5) is 49.6. The zero-order valence-corrected chi connectivity index (χ0v) is 19.2. The normalized spacial score (nSPS) is 11.4. The fraction of sp³-hybridized carbons (Fsp3) is 0.214. The molecule has 3 rings (SSSR count). The van der Waals surface area contributed by atoms with Crippen LogP contribution in [0.3, 0.4) is 0 Å². The molecule has 1 amide bonds. The highest BCUT2D eigenvalue weighted by Gasteiger charge is 2.27. The molecular formula is C28H27NO5. The second-order valence-electron chi connectivity index (χ2n) is 7.91. The van der Waals surface area contributed by atoms with E-state index in [2.05, 4.69) is 5.32 Å². The maximum absolute atomic E-state index is 12.9. The number of anilines is 1. The van der Waals surface area contributed by atoms with Crippen LogP contribution in [0.2, 0.25) is 0 Å². The summed E-state index contributed by atoms with van der Waals surface area (Å²) in [6.07, 6.45) is -0.360. The molecule has 3 aromatic rings. The molecule has 6 heteroatoms. The van der Waals surface area contributed by atoms with Crippen molar-refractivity contribution in [2.45, 2.75) is 26.7 Å². The van der Waals surface area contributed by atoms with Crippen LogP contribution in [-0.2, 0) is 14.3 Å². The van der Waals surface area contributed by atoms with Gasteiger partial charge in [-0.1, -0.05) is 66.7 Å². The Morgan fingerprint density at radius 3 is 2.12 bits per heavy atom. The highest BCUT2D eigenvalue weighted by Crippen LogP contribution is 2.22. The summed E-state index contributed by atoms with van der Waals surface area (Å²) in [6.45, 7) is 3.26. The standard InChI is InChI=1S/C28H27NO5/c1-3-34-28(33)24(18-27(32)29-25-11-7-10-23(16-25)19(2)30)17-26(31)22-14-12-21(13-15-22)20-8-5-4-6-9-20/h4-16,24H,3,17-18H2,1-2H3,(H,29,32). The first kappa shape index (κ1) is 24.6. The predicted molar refractivity (Wildman–Crippen MR) is 131 cm³/mol. The Kier molecular flexibility index (Phi) is 8.46. The number of ether oxygens (including phenoxy) is 1. The molecule has 0 aliphatic rings. The van der Waals surface area contributed by atoms with E-state index < -0.39 is 17.8 Å². The lowest BCUT2D eigenvalue weighted by atomic mass is 9.94. The number of amides is 1. The second-order valence-corrected chi connectivity index (χ2v) is 7.91. The molecule has 1 N–H and O–H groups in total. The van der Waals surface area contributed by atoms with Gasteiger partial charge in [0.2, 0.25) is 5.91 Å². The molecule has 0 fully saturated rings. The van der Waals surface area contributed by atoms with Crippen LogP contribution in [0.25, 0.3) is 11.1 Å². The number of carbonyl (C=O) groups excluding carboxylic acids is 4. The number of nitrogens with one attached hydrogen (secondary N) is 1. The van der Waals surface area contributed by atoms with Crippen molar-refractivity contribution in [2.24, 2.45) is 5.92 Å². The molecule has 0 saturated heterocycles. The third-order valence-electron chi connectivity index (χ3n) is 5.35. The molecule has 0 radical (unpaired) electrons. The fourth-order valence-electron chi connectivity index (χ4n) is 3.57. The highest BCUT2D eigenvalue weighted by molar-refractivity contribution is 6.01. The van der Waals surface area contributed by atoms with E-state index in [9.17, 15) is 19.2 Å². The van der Waals surface area contributed by atoms with Crippen molar-refractivity contribution in [3.05, 3.63) is 90.0 Å². The number of carbonyl (C=O) groups is 4. The van der Waals surface area contributed by atoms with Gasteiger partial charge in [0.15, 0.2) is 11.6 Å². The highest BCUT2D eigenvalue weighted by atomic mass is 16.5. The zero-order valence-electron chi connectivity index (χ0n) is 19.2. The van der Waals surface area contributed by atoms with Crippen LogP contribution in [0.4, 0.5) is 5.69 Å². The maximum atomic E-state index is 12.9. The molecular weight excluding hydrogens is 430 g/mol. The molecule has 0 aromatic heterocycles. The third-order valence-corrected chi connectivity index (χ3v) is 5.35. The summed E-state index contributed by atoms with van der Waals surface area (Å²) >= 11 is 0. The molecule has 0 bridgehead atoms. The van der Waals surface area contributed by atoms with Crippen LogP contribution in [0.1, 0.15) is 47.4 Å². The van der Waals surface area contributed by atoms with Crippen LogP contribution in [0, 0.1) is 5.92 Å². The number of benzene rings is 3. The van der Waals surface area contributed by atoms with Crippen LogP contribution >= 0.6 is 0 Å². The molecule has 0 heterocycles. The van der Waals surface area contributed by atoms with Gasteiger partial charge in [0.1, 0.15) is 0 Å². The van der Waals surface area contributed by atoms with Crippen molar-refractivity contribution >= 4 is 29.1 Å². The molecule has 1 atom stereocenters. The van der Waals surface area contributed by atoms with E-state index in [1.807, 2.05) is 42.5 Å². The minimum atomic E-state index is -0.919. The number of rotatable bonds is 10. The minimum absolute atomic E-state index is 0.121. The van der Waals surface area contributed by atoms with Crippen LogP contribution in [0.5, 0.6) is 0 Å². The van der Waals surface area contributed by atoms with E-state index in [0.29, 0.717) is 16.8 Å². The largest absolute Gasteiger partial charge is 0.466 e. The monoisotopic (exact) mass is 457 g/mol. The molecule has 0 aliphatic heterocycles. The van der Waals surface area contributed by atoms with E-state index in [4.69, 9.17) is 4.74 Å². The van der Waals surface area contributed by atoms with Gasteiger partial charge in [0.05, 0.1) is 12.5 Å². The van der Waals surface area contributed by atoms with Crippen molar-refractivity contribution in [2.75, 3.05) is 11.9 Å². The van der Waals surface area contributed by atoms with Gasteiger partial charge in [0.25, 0.3) is 0 Å².